The van der Waals surface area contributed by atoms with Gasteiger partial charge in [-0.3, -0.25) is 0 Å². The third-order valence-electron chi connectivity index (χ3n) is 2.37. The van der Waals surface area contributed by atoms with Crippen LogP contribution in [0.15, 0.2) is 28.3 Å². The maximum absolute atomic E-state index is 5.48. The Morgan fingerprint density at radius 3 is 3.20 bits per heavy atom. The van der Waals surface area contributed by atoms with Crippen LogP contribution in [-0.2, 0) is 11.3 Å². The topological polar surface area (TPSA) is 21.3 Å². The summed E-state index contributed by atoms with van der Waals surface area (Å²) < 4.78 is 6.67. The molecule has 0 aliphatic carbocycles. The highest BCUT2D eigenvalue weighted by Crippen LogP contribution is 2.22. The summed E-state index contributed by atoms with van der Waals surface area (Å²) in [6, 6.07) is 2.08. The van der Waals surface area contributed by atoms with Crippen molar-refractivity contribution >= 4 is 27.3 Å². The van der Waals surface area contributed by atoms with Crippen molar-refractivity contribution < 1.29 is 4.74 Å². The summed E-state index contributed by atoms with van der Waals surface area (Å²) >= 11 is 5.29. The predicted molar refractivity (Wildman–Crippen MR) is 67.0 cm³/mol. The lowest BCUT2D eigenvalue weighted by molar-refractivity contribution is 0.122. The first-order chi connectivity index (χ1) is 7.36. The van der Waals surface area contributed by atoms with E-state index in [1.165, 1.54) is 9.35 Å². The van der Waals surface area contributed by atoms with Gasteiger partial charge in [0.05, 0.1) is 6.26 Å². The SMILES string of the molecule is Brc1ccsc1CNCC1CCC=CO1. The number of nitrogens with one attached hydrogen (secondary N) is 1. The smallest absolute Gasteiger partial charge is 0.110 e. The zero-order chi connectivity index (χ0) is 10.5. The summed E-state index contributed by atoms with van der Waals surface area (Å²) in [5.41, 5.74) is 0. The molecule has 0 radical (unpaired) electrons. The number of hydrogen-bond donors (Lipinski definition) is 1. The van der Waals surface area contributed by atoms with Crippen molar-refractivity contribution in [1.29, 1.82) is 0 Å². The fourth-order valence-corrected chi connectivity index (χ4v) is 3.00. The molecule has 1 aromatic rings. The molecule has 0 saturated heterocycles. The van der Waals surface area contributed by atoms with Gasteiger partial charge in [-0.15, -0.1) is 11.3 Å². The van der Waals surface area contributed by atoms with Gasteiger partial charge in [-0.2, -0.15) is 0 Å². The van der Waals surface area contributed by atoms with Gasteiger partial charge in [0, 0.05) is 22.4 Å². The van der Waals surface area contributed by atoms with E-state index in [1.54, 1.807) is 11.3 Å². The van der Waals surface area contributed by atoms with Gasteiger partial charge in [0.15, 0.2) is 0 Å². The molecule has 4 heteroatoms. The summed E-state index contributed by atoms with van der Waals surface area (Å²) in [6.45, 7) is 1.84. The van der Waals surface area contributed by atoms with E-state index < -0.39 is 0 Å². The molecule has 1 atom stereocenters. The maximum atomic E-state index is 5.48. The van der Waals surface area contributed by atoms with Crippen molar-refractivity contribution in [2.24, 2.45) is 0 Å². The summed E-state index contributed by atoms with van der Waals surface area (Å²) in [4.78, 5) is 1.35. The van der Waals surface area contributed by atoms with Crippen molar-refractivity contribution in [2.45, 2.75) is 25.5 Å². The minimum atomic E-state index is 0.341. The van der Waals surface area contributed by atoms with Crippen molar-refractivity contribution in [3.63, 3.8) is 0 Å². The second-order valence-electron chi connectivity index (χ2n) is 3.53. The number of allylic oxidation sites excluding steroid dienone is 1. The fraction of sp³-hybridized carbons (Fsp3) is 0.455. The van der Waals surface area contributed by atoms with Crippen molar-refractivity contribution in [2.75, 3.05) is 6.54 Å². The predicted octanol–water partition coefficient (Wildman–Crippen LogP) is 3.29. The Hall–Kier alpha value is -0.320. The highest BCUT2D eigenvalue weighted by Gasteiger charge is 2.10. The normalized spacial score (nSPS) is 20.2. The lowest BCUT2D eigenvalue weighted by atomic mass is 10.1. The van der Waals surface area contributed by atoms with E-state index in [4.69, 9.17) is 4.74 Å². The molecule has 2 heterocycles. The molecule has 1 aliphatic heterocycles. The van der Waals surface area contributed by atoms with Crippen LogP contribution in [0, 0.1) is 0 Å². The van der Waals surface area contributed by atoms with Gasteiger partial charge in [0.1, 0.15) is 6.10 Å². The van der Waals surface area contributed by atoms with Gasteiger partial charge in [0.25, 0.3) is 0 Å². The van der Waals surface area contributed by atoms with Crippen LogP contribution in [0.5, 0.6) is 0 Å². The molecule has 0 saturated carbocycles. The standard InChI is InChI=1S/C11H14BrNOS/c12-10-4-6-15-11(10)8-13-7-9-3-1-2-5-14-9/h2,4-6,9,13H,1,3,7-8H2. The van der Waals surface area contributed by atoms with E-state index >= 15 is 0 Å². The Labute approximate surface area is 102 Å². The molecule has 2 nitrogen and oxygen atoms in total. The van der Waals surface area contributed by atoms with Gasteiger partial charge in [-0.05, 0) is 46.3 Å². The summed E-state index contributed by atoms with van der Waals surface area (Å²) in [5, 5.41) is 5.52. The highest BCUT2D eigenvalue weighted by atomic mass is 79.9. The molecule has 1 aromatic heterocycles. The number of thiophene rings is 1. The zero-order valence-electron chi connectivity index (χ0n) is 8.41. The molecule has 0 spiro atoms. The molecule has 82 valence electrons. The van der Waals surface area contributed by atoms with Crippen LogP contribution in [0.3, 0.4) is 0 Å². The van der Waals surface area contributed by atoms with E-state index in [2.05, 4.69) is 38.8 Å². The third kappa shape index (κ3) is 3.33. The Bertz CT molecular complexity index is 337. The first-order valence-corrected chi connectivity index (χ1v) is 6.76. The largest absolute Gasteiger partial charge is 0.497 e. The highest BCUT2D eigenvalue weighted by molar-refractivity contribution is 9.10. The second-order valence-corrected chi connectivity index (χ2v) is 5.38. The molecule has 1 unspecified atom stereocenters. The average molecular weight is 288 g/mol. The quantitative estimate of drug-likeness (QED) is 0.918. The number of ether oxygens (including phenoxy) is 1. The molecule has 0 aromatic carbocycles. The Morgan fingerprint density at radius 1 is 1.60 bits per heavy atom. The van der Waals surface area contributed by atoms with Crippen LogP contribution < -0.4 is 5.32 Å². The van der Waals surface area contributed by atoms with Crippen LogP contribution in [0.2, 0.25) is 0 Å². The lowest BCUT2D eigenvalue weighted by Crippen LogP contribution is -2.28. The van der Waals surface area contributed by atoms with Gasteiger partial charge >= 0.3 is 0 Å². The molecule has 1 aliphatic rings. The first kappa shape index (κ1) is 11.2. The van der Waals surface area contributed by atoms with E-state index in [1.807, 2.05) is 6.26 Å². The summed E-state index contributed by atoms with van der Waals surface area (Å²) in [7, 11) is 0. The van der Waals surface area contributed by atoms with Crippen molar-refractivity contribution in [1.82, 2.24) is 5.32 Å². The van der Waals surface area contributed by atoms with Crippen molar-refractivity contribution in [3.8, 4) is 0 Å². The molecule has 0 bridgehead atoms. The Balaban J connectivity index is 1.71. The number of hydrogen-bond acceptors (Lipinski definition) is 3. The molecule has 0 fully saturated rings. The van der Waals surface area contributed by atoms with Crippen LogP contribution >= 0.6 is 27.3 Å². The Kier molecular flexibility index (Phi) is 4.23. The number of rotatable bonds is 4. The molecular formula is C11H14BrNOS. The monoisotopic (exact) mass is 287 g/mol. The van der Waals surface area contributed by atoms with Crippen LogP contribution in [-0.4, -0.2) is 12.6 Å². The Morgan fingerprint density at radius 2 is 2.53 bits per heavy atom. The van der Waals surface area contributed by atoms with Gasteiger partial charge in [-0.25, -0.2) is 0 Å². The summed E-state index contributed by atoms with van der Waals surface area (Å²) in [6.07, 6.45) is 6.49. The van der Waals surface area contributed by atoms with Gasteiger partial charge in [0.2, 0.25) is 0 Å². The minimum Gasteiger partial charge on any atom is -0.497 e. The van der Waals surface area contributed by atoms with Crippen molar-refractivity contribution in [3.05, 3.63) is 33.1 Å². The molecule has 1 N–H and O–H groups in total. The summed E-state index contributed by atoms with van der Waals surface area (Å²) in [5.74, 6) is 0. The zero-order valence-corrected chi connectivity index (χ0v) is 10.8. The molecule has 2 rings (SSSR count). The molecule has 15 heavy (non-hydrogen) atoms. The van der Waals surface area contributed by atoms with E-state index in [0.717, 1.165) is 25.9 Å². The lowest BCUT2D eigenvalue weighted by Gasteiger charge is -2.19. The second kappa shape index (κ2) is 5.68. The maximum Gasteiger partial charge on any atom is 0.110 e. The van der Waals surface area contributed by atoms with E-state index in [0.29, 0.717) is 6.10 Å². The van der Waals surface area contributed by atoms with Crippen LogP contribution in [0.4, 0.5) is 0 Å². The van der Waals surface area contributed by atoms with E-state index in [-0.39, 0.29) is 0 Å². The van der Waals surface area contributed by atoms with Gasteiger partial charge in [-0.1, -0.05) is 0 Å². The number of halogens is 1. The average Bonchev–Trinajstić information content (AvgIpc) is 2.66. The first-order valence-electron chi connectivity index (χ1n) is 5.09. The van der Waals surface area contributed by atoms with E-state index in [9.17, 15) is 0 Å². The van der Waals surface area contributed by atoms with Crippen LogP contribution in [0.25, 0.3) is 0 Å². The fourth-order valence-electron chi connectivity index (χ4n) is 1.53. The third-order valence-corrected chi connectivity index (χ3v) is 4.30. The van der Waals surface area contributed by atoms with Gasteiger partial charge < -0.3 is 10.1 Å². The molecule has 0 amide bonds. The minimum absolute atomic E-state index is 0.341. The molecular weight excluding hydrogens is 274 g/mol. The van der Waals surface area contributed by atoms with Crippen LogP contribution in [0.1, 0.15) is 17.7 Å².